The highest BCUT2D eigenvalue weighted by molar-refractivity contribution is 6.30. The summed E-state index contributed by atoms with van der Waals surface area (Å²) in [6, 6.07) is 5.72. The molecule has 1 heterocycles. The summed E-state index contributed by atoms with van der Waals surface area (Å²) in [5.74, 6) is -0.999. The Hall–Kier alpha value is -1.27. The van der Waals surface area contributed by atoms with Crippen LogP contribution < -0.4 is 4.90 Å². The van der Waals surface area contributed by atoms with Crippen molar-refractivity contribution in [2.75, 3.05) is 19.6 Å². The lowest BCUT2D eigenvalue weighted by Crippen LogP contribution is -3.14. The molecule has 0 bridgehead atoms. The third kappa shape index (κ3) is 4.88. The second kappa shape index (κ2) is 7.33. The standard InChI is InChI=1S/C15H17ClF3NO2/c16-12-6-4-5-11(9-12)14(21)22-13(15(17,18)19)10-20-7-2-1-3-8-20/h4-6,9,13H,1-3,7-8,10H2/p+1/t13-/m1/s1. The maximum Gasteiger partial charge on any atom is 0.431 e. The highest BCUT2D eigenvalue weighted by Crippen LogP contribution is 2.23. The first-order valence-corrected chi connectivity index (χ1v) is 7.61. The fourth-order valence-electron chi connectivity index (χ4n) is 2.55. The fourth-order valence-corrected chi connectivity index (χ4v) is 2.75. The minimum absolute atomic E-state index is 0.0235. The third-order valence-corrected chi connectivity index (χ3v) is 3.94. The van der Waals surface area contributed by atoms with Crippen LogP contribution >= 0.6 is 11.6 Å². The number of carbonyl (C=O) groups is 1. The van der Waals surface area contributed by atoms with E-state index in [-0.39, 0.29) is 17.1 Å². The Bertz CT molecular complexity index is 516. The zero-order valence-electron chi connectivity index (χ0n) is 12.0. The van der Waals surface area contributed by atoms with E-state index in [2.05, 4.69) is 0 Å². The highest BCUT2D eigenvalue weighted by atomic mass is 35.5. The predicted molar refractivity (Wildman–Crippen MR) is 76.1 cm³/mol. The summed E-state index contributed by atoms with van der Waals surface area (Å²) >= 11 is 5.74. The quantitative estimate of drug-likeness (QED) is 0.856. The molecule has 1 atom stereocenters. The van der Waals surface area contributed by atoms with Crippen LogP contribution in [0.5, 0.6) is 0 Å². The van der Waals surface area contributed by atoms with Gasteiger partial charge in [-0.25, -0.2) is 4.79 Å². The van der Waals surface area contributed by atoms with Crippen molar-refractivity contribution in [3.8, 4) is 0 Å². The summed E-state index contributed by atoms with van der Waals surface area (Å²) in [7, 11) is 0. The SMILES string of the molecule is O=C(O[C@H](C[NH+]1CCCCC1)C(F)(F)F)c1cccc(Cl)c1. The zero-order chi connectivity index (χ0) is 16.2. The number of rotatable bonds is 4. The number of alkyl halides is 3. The van der Waals surface area contributed by atoms with Gasteiger partial charge in [0, 0.05) is 5.02 Å². The molecule has 1 aromatic carbocycles. The average Bonchev–Trinajstić information content (AvgIpc) is 2.46. The number of ether oxygens (including phenoxy) is 1. The lowest BCUT2D eigenvalue weighted by atomic mass is 10.1. The number of halogens is 4. The molecule has 22 heavy (non-hydrogen) atoms. The predicted octanol–water partition coefficient (Wildman–Crippen LogP) is 2.50. The second-order valence-electron chi connectivity index (χ2n) is 5.46. The van der Waals surface area contributed by atoms with Crippen LogP contribution in [0.4, 0.5) is 13.2 Å². The van der Waals surface area contributed by atoms with Crippen molar-refractivity contribution in [2.24, 2.45) is 0 Å². The molecule has 1 saturated heterocycles. The smallest absolute Gasteiger partial charge is 0.431 e. The lowest BCUT2D eigenvalue weighted by molar-refractivity contribution is -0.909. The van der Waals surface area contributed by atoms with Crippen molar-refractivity contribution in [3.05, 3.63) is 34.9 Å². The summed E-state index contributed by atoms with van der Waals surface area (Å²) in [6.45, 7) is 1.12. The van der Waals surface area contributed by atoms with Crippen LogP contribution in [0.3, 0.4) is 0 Å². The van der Waals surface area contributed by atoms with E-state index in [9.17, 15) is 18.0 Å². The zero-order valence-corrected chi connectivity index (χ0v) is 12.7. The Kier molecular flexibility index (Phi) is 5.69. The molecule has 1 N–H and O–H groups in total. The van der Waals surface area contributed by atoms with Crippen molar-refractivity contribution in [2.45, 2.75) is 31.5 Å². The maximum atomic E-state index is 13.1. The second-order valence-corrected chi connectivity index (χ2v) is 5.90. The minimum atomic E-state index is -4.57. The molecule has 2 rings (SSSR count). The Labute approximate surface area is 132 Å². The first-order valence-electron chi connectivity index (χ1n) is 7.23. The number of quaternary nitrogens is 1. The van der Waals surface area contributed by atoms with Gasteiger partial charge in [0.05, 0.1) is 18.7 Å². The number of likely N-dealkylation sites (tertiary alicyclic amines) is 1. The summed E-state index contributed by atoms with van der Waals surface area (Å²) in [5, 5.41) is 0.277. The van der Waals surface area contributed by atoms with Crippen LogP contribution in [-0.4, -0.2) is 37.9 Å². The monoisotopic (exact) mass is 336 g/mol. The molecule has 122 valence electrons. The number of piperidine rings is 1. The molecule has 1 aliphatic rings. The maximum absolute atomic E-state index is 13.1. The van der Waals surface area contributed by atoms with Gasteiger partial charge in [-0.3, -0.25) is 0 Å². The number of benzene rings is 1. The van der Waals surface area contributed by atoms with Crippen LogP contribution in [0, 0.1) is 0 Å². The van der Waals surface area contributed by atoms with Crippen LogP contribution in [-0.2, 0) is 4.74 Å². The first-order chi connectivity index (χ1) is 10.4. The molecule has 1 fully saturated rings. The van der Waals surface area contributed by atoms with Gasteiger partial charge in [0.1, 0.15) is 6.54 Å². The molecule has 0 aromatic heterocycles. The lowest BCUT2D eigenvalue weighted by Gasteiger charge is -2.28. The van der Waals surface area contributed by atoms with Gasteiger partial charge in [0.25, 0.3) is 0 Å². The topological polar surface area (TPSA) is 30.7 Å². The molecule has 7 heteroatoms. The fraction of sp³-hybridized carbons (Fsp3) is 0.533. The van der Waals surface area contributed by atoms with Gasteiger partial charge >= 0.3 is 12.1 Å². The molecule has 0 radical (unpaired) electrons. The molecule has 0 spiro atoms. The number of nitrogens with one attached hydrogen (secondary N) is 1. The van der Waals surface area contributed by atoms with Crippen molar-refractivity contribution < 1.29 is 27.6 Å². The van der Waals surface area contributed by atoms with Crippen LogP contribution in [0.25, 0.3) is 0 Å². The van der Waals surface area contributed by atoms with E-state index in [1.807, 2.05) is 0 Å². The van der Waals surface area contributed by atoms with E-state index in [0.29, 0.717) is 13.1 Å². The van der Waals surface area contributed by atoms with Crippen molar-refractivity contribution in [1.82, 2.24) is 0 Å². The van der Waals surface area contributed by atoms with Gasteiger partial charge in [-0.05, 0) is 37.5 Å². The molecule has 3 nitrogen and oxygen atoms in total. The molecular formula is C15H18ClF3NO2+. The van der Waals surface area contributed by atoms with Crippen molar-refractivity contribution >= 4 is 17.6 Å². The summed E-state index contributed by atoms with van der Waals surface area (Å²) in [4.78, 5) is 12.7. The van der Waals surface area contributed by atoms with Crippen molar-refractivity contribution in [3.63, 3.8) is 0 Å². The van der Waals surface area contributed by atoms with Gasteiger partial charge < -0.3 is 9.64 Å². The normalized spacial score (nSPS) is 18.0. The number of esters is 1. The molecule has 0 unspecified atom stereocenters. The van der Waals surface area contributed by atoms with Gasteiger partial charge in [0.2, 0.25) is 6.10 Å². The van der Waals surface area contributed by atoms with Gasteiger partial charge in [-0.15, -0.1) is 0 Å². The Morgan fingerprint density at radius 1 is 1.27 bits per heavy atom. The molecule has 0 amide bonds. The summed E-state index contributed by atoms with van der Waals surface area (Å²) < 4.78 is 44.1. The van der Waals surface area contributed by atoms with E-state index < -0.39 is 18.2 Å². The summed E-state index contributed by atoms with van der Waals surface area (Å²) in [5.41, 5.74) is 0.0235. The van der Waals surface area contributed by atoms with E-state index in [1.54, 1.807) is 0 Å². The average molecular weight is 337 g/mol. The molecular weight excluding hydrogens is 319 g/mol. The molecule has 1 aromatic rings. The largest absolute Gasteiger partial charge is 0.443 e. The van der Waals surface area contributed by atoms with Gasteiger partial charge in [0.15, 0.2) is 0 Å². The Balaban J connectivity index is 2.04. The summed E-state index contributed by atoms with van der Waals surface area (Å²) in [6.07, 6.45) is -3.81. The van der Waals surface area contributed by atoms with Crippen LogP contribution in [0.1, 0.15) is 29.6 Å². The number of hydrogen-bond donors (Lipinski definition) is 1. The minimum Gasteiger partial charge on any atom is -0.443 e. The molecule has 1 aliphatic heterocycles. The highest BCUT2D eigenvalue weighted by Gasteiger charge is 2.45. The first kappa shape index (κ1) is 17.1. The van der Waals surface area contributed by atoms with E-state index in [1.165, 1.54) is 24.3 Å². The van der Waals surface area contributed by atoms with E-state index >= 15 is 0 Å². The van der Waals surface area contributed by atoms with E-state index in [4.69, 9.17) is 16.3 Å². The third-order valence-electron chi connectivity index (χ3n) is 3.71. The molecule has 0 aliphatic carbocycles. The molecule has 0 saturated carbocycles. The van der Waals surface area contributed by atoms with Crippen LogP contribution in [0.2, 0.25) is 5.02 Å². The van der Waals surface area contributed by atoms with Crippen LogP contribution in [0.15, 0.2) is 24.3 Å². The van der Waals surface area contributed by atoms with Gasteiger partial charge in [-0.1, -0.05) is 17.7 Å². The number of hydrogen-bond acceptors (Lipinski definition) is 2. The Morgan fingerprint density at radius 2 is 1.95 bits per heavy atom. The Morgan fingerprint density at radius 3 is 2.55 bits per heavy atom. The van der Waals surface area contributed by atoms with Crippen molar-refractivity contribution in [1.29, 1.82) is 0 Å². The van der Waals surface area contributed by atoms with E-state index in [0.717, 1.165) is 24.2 Å². The van der Waals surface area contributed by atoms with Gasteiger partial charge in [-0.2, -0.15) is 13.2 Å². The number of carbonyl (C=O) groups excluding carboxylic acids is 1.